The van der Waals surface area contributed by atoms with Crippen LogP contribution in [0.4, 0.5) is 5.69 Å². The third-order valence-corrected chi connectivity index (χ3v) is 10.0. The fourth-order valence-corrected chi connectivity index (χ4v) is 7.55. The van der Waals surface area contributed by atoms with Gasteiger partial charge in [0.05, 0.1) is 18.1 Å². The van der Waals surface area contributed by atoms with Crippen LogP contribution in [0.25, 0.3) is 11.1 Å². The van der Waals surface area contributed by atoms with Gasteiger partial charge in [0.25, 0.3) is 5.91 Å². The third kappa shape index (κ3) is 5.06. The van der Waals surface area contributed by atoms with E-state index in [1.807, 2.05) is 40.9 Å². The van der Waals surface area contributed by atoms with Gasteiger partial charge in [0.1, 0.15) is 5.54 Å². The van der Waals surface area contributed by atoms with E-state index in [4.69, 9.17) is 10.5 Å². The molecule has 3 fully saturated rings. The molecule has 0 atom stereocenters. The summed E-state index contributed by atoms with van der Waals surface area (Å²) >= 11 is 2.03. The van der Waals surface area contributed by atoms with Gasteiger partial charge in [0.2, 0.25) is 5.91 Å². The van der Waals surface area contributed by atoms with Crippen molar-refractivity contribution in [2.75, 3.05) is 44.7 Å². The van der Waals surface area contributed by atoms with E-state index in [-0.39, 0.29) is 29.9 Å². The monoisotopic (exact) mass is 534 g/mol. The number of ether oxygens (including phenoxy) is 1. The minimum absolute atomic E-state index is 0.00671. The molecule has 7 nitrogen and oxygen atoms in total. The highest BCUT2D eigenvalue weighted by molar-refractivity contribution is 8.01. The van der Waals surface area contributed by atoms with Crippen LogP contribution in [0.1, 0.15) is 61.7 Å². The number of rotatable bonds is 3. The predicted octanol–water partition coefficient (Wildman–Crippen LogP) is 4.71. The van der Waals surface area contributed by atoms with Crippen molar-refractivity contribution >= 4 is 29.3 Å². The molecule has 0 unspecified atom stereocenters. The Balaban J connectivity index is 1.09. The van der Waals surface area contributed by atoms with Crippen LogP contribution in [0.3, 0.4) is 0 Å². The first-order valence-electron chi connectivity index (χ1n) is 14.1. The maximum Gasteiger partial charge on any atom is 0.253 e. The molecule has 2 saturated heterocycles. The number of benzene rings is 2. The number of nitrogens with two attached hydrogens (primary N) is 1. The number of nitrogens with one attached hydrogen (secondary N) is 1. The molecule has 1 saturated carbocycles. The number of hydrogen-bond acceptors (Lipinski definition) is 6. The van der Waals surface area contributed by atoms with Crippen molar-refractivity contribution < 1.29 is 14.3 Å². The number of carbonyl (C=O) groups excluding carboxylic acids is 2. The number of piperazine rings is 1. The Kier molecular flexibility index (Phi) is 7.14. The lowest BCUT2D eigenvalue weighted by molar-refractivity contribution is -0.155. The number of nitrogens with zero attached hydrogens (tertiary/aromatic N) is 2. The van der Waals surface area contributed by atoms with Gasteiger partial charge in [-0.2, -0.15) is 0 Å². The second-order valence-corrected chi connectivity index (χ2v) is 12.8. The first-order valence-corrected chi connectivity index (χ1v) is 14.9. The van der Waals surface area contributed by atoms with E-state index in [1.165, 1.54) is 67.5 Å². The summed E-state index contributed by atoms with van der Waals surface area (Å²) in [7, 11) is 0. The Morgan fingerprint density at radius 1 is 0.816 bits per heavy atom. The average Bonchev–Trinajstić information content (AvgIpc) is 3.34. The average molecular weight is 535 g/mol. The lowest BCUT2D eigenvalue weighted by Gasteiger charge is -2.43. The van der Waals surface area contributed by atoms with Crippen LogP contribution in [-0.4, -0.2) is 71.4 Å². The van der Waals surface area contributed by atoms with Gasteiger partial charge in [-0.05, 0) is 48.2 Å². The molecule has 8 heteroatoms. The van der Waals surface area contributed by atoms with E-state index >= 15 is 0 Å². The van der Waals surface area contributed by atoms with Gasteiger partial charge >= 0.3 is 0 Å². The van der Waals surface area contributed by atoms with Crippen molar-refractivity contribution in [1.82, 2.24) is 9.80 Å². The lowest BCUT2D eigenvalue weighted by Crippen LogP contribution is -2.68. The number of anilines is 1. The number of amides is 2. The standard InChI is InChI=1S/C30H38N4O3S/c31-29(20-37-21-29)28(36)34-17-15-33(16-18-34)27(35)23-9-7-22(8-10-23)24-11-12-26-25(19-24)32-30(38-26)13-5-3-1-2-4-6-14-30/h7-12,19,32H,1-6,13-18,20-21,31H2. The van der Waals surface area contributed by atoms with Gasteiger partial charge < -0.3 is 25.6 Å². The topological polar surface area (TPSA) is 87.9 Å². The molecule has 2 aromatic carbocycles. The molecule has 2 aromatic rings. The fourth-order valence-electron chi connectivity index (χ4n) is 6.12. The molecule has 3 N–H and O–H groups in total. The van der Waals surface area contributed by atoms with Crippen molar-refractivity contribution in [3.63, 3.8) is 0 Å². The normalized spacial score (nSPS) is 22.4. The minimum Gasteiger partial charge on any atom is -0.376 e. The van der Waals surface area contributed by atoms with Gasteiger partial charge in [0, 0.05) is 42.3 Å². The molecule has 3 heterocycles. The highest BCUT2D eigenvalue weighted by Crippen LogP contribution is 2.51. The second kappa shape index (κ2) is 10.5. The van der Waals surface area contributed by atoms with Crippen LogP contribution in [0.5, 0.6) is 0 Å². The summed E-state index contributed by atoms with van der Waals surface area (Å²) in [6.07, 6.45) is 10.5. The van der Waals surface area contributed by atoms with Crippen molar-refractivity contribution in [2.24, 2.45) is 5.73 Å². The van der Waals surface area contributed by atoms with Crippen LogP contribution in [-0.2, 0) is 9.53 Å². The molecule has 1 aliphatic carbocycles. The van der Waals surface area contributed by atoms with Crippen molar-refractivity contribution in [3.05, 3.63) is 48.0 Å². The van der Waals surface area contributed by atoms with Crippen LogP contribution < -0.4 is 11.1 Å². The van der Waals surface area contributed by atoms with Gasteiger partial charge in [-0.1, -0.05) is 68.5 Å². The summed E-state index contributed by atoms with van der Waals surface area (Å²) in [6, 6.07) is 14.7. The molecule has 4 aliphatic rings. The number of fused-ring (bicyclic) bond motifs is 1. The van der Waals surface area contributed by atoms with Gasteiger partial charge in [0.15, 0.2) is 0 Å². The largest absolute Gasteiger partial charge is 0.376 e. The molecule has 38 heavy (non-hydrogen) atoms. The van der Waals surface area contributed by atoms with E-state index in [9.17, 15) is 9.59 Å². The van der Waals surface area contributed by atoms with Crippen LogP contribution in [0.15, 0.2) is 47.4 Å². The zero-order valence-electron chi connectivity index (χ0n) is 22.0. The molecule has 0 radical (unpaired) electrons. The molecule has 6 rings (SSSR count). The predicted molar refractivity (Wildman–Crippen MR) is 151 cm³/mol. The first kappa shape index (κ1) is 25.7. The van der Waals surface area contributed by atoms with E-state index in [2.05, 4.69) is 23.5 Å². The SMILES string of the molecule is NC1(C(=O)N2CCN(C(=O)c3ccc(-c4ccc5c(c4)NC4(CCCCCCCC4)S5)cc3)CC2)COC1. The Hall–Kier alpha value is -2.55. The molecule has 1 spiro atoms. The number of hydrogen-bond donors (Lipinski definition) is 2. The van der Waals surface area contributed by atoms with E-state index in [1.54, 1.807) is 4.90 Å². The van der Waals surface area contributed by atoms with Crippen LogP contribution >= 0.6 is 11.8 Å². The first-order chi connectivity index (χ1) is 18.4. The summed E-state index contributed by atoms with van der Waals surface area (Å²) in [4.78, 5) is 30.9. The highest BCUT2D eigenvalue weighted by atomic mass is 32.2. The zero-order valence-corrected chi connectivity index (χ0v) is 22.9. The molecule has 2 amide bonds. The Labute approximate surface area is 229 Å². The number of carbonyl (C=O) groups is 2. The Morgan fingerprint density at radius 2 is 1.42 bits per heavy atom. The molecule has 0 aromatic heterocycles. The van der Waals surface area contributed by atoms with E-state index in [0.29, 0.717) is 31.7 Å². The van der Waals surface area contributed by atoms with E-state index < -0.39 is 5.54 Å². The van der Waals surface area contributed by atoms with Gasteiger partial charge in [-0.3, -0.25) is 9.59 Å². The van der Waals surface area contributed by atoms with Gasteiger partial charge in [-0.15, -0.1) is 0 Å². The summed E-state index contributed by atoms with van der Waals surface area (Å²) in [6.45, 7) is 2.58. The molecule has 3 aliphatic heterocycles. The number of thioether (sulfide) groups is 1. The summed E-state index contributed by atoms with van der Waals surface area (Å²) < 4.78 is 5.13. The molecule has 202 valence electrons. The highest BCUT2D eigenvalue weighted by Gasteiger charge is 2.45. The maximum atomic E-state index is 13.2. The summed E-state index contributed by atoms with van der Waals surface area (Å²) in [5, 5.41) is 3.92. The molecular formula is C30H38N4O3S. The summed E-state index contributed by atoms with van der Waals surface area (Å²) in [5.41, 5.74) is 9.41. The smallest absolute Gasteiger partial charge is 0.253 e. The second-order valence-electron chi connectivity index (χ2n) is 11.4. The van der Waals surface area contributed by atoms with Crippen molar-refractivity contribution in [3.8, 4) is 11.1 Å². The maximum absolute atomic E-state index is 13.2. The fraction of sp³-hybridized carbons (Fsp3) is 0.533. The lowest BCUT2D eigenvalue weighted by atomic mass is 9.96. The minimum atomic E-state index is -0.886. The summed E-state index contributed by atoms with van der Waals surface area (Å²) in [5.74, 6) is -0.0642. The third-order valence-electron chi connectivity index (χ3n) is 8.52. The molecular weight excluding hydrogens is 496 g/mol. The molecule has 0 bridgehead atoms. The van der Waals surface area contributed by atoms with Gasteiger partial charge in [-0.25, -0.2) is 0 Å². The van der Waals surface area contributed by atoms with E-state index in [0.717, 1.165) is 5.56 Å². The quantitative estimate of drug-likeness (QED) is 0.593. The van der Waals surface area contributed by atoms with Crippen molar-refractivity contribution in [1.29, 1.82) is 0 Å². The Morgan fingerprint density at radius 3 is 2.05 bits per heavy atom. The Bertz CT molecular complexity index is 1180. The van der Waals surface area contributed by atoms with Crippen LogP contribution in [0.2, 0.25) is 0 Å². The van der Waals surface area contributed by atoms with Crippen LogP contribution in [0, 0.1) is 0 Å². The zero-order chi connectivity index (χ0) is 26.2. The van der Waals surface area contributed by atoms with Crippen molar-refractivity contribution in [2.45, 2.75) is 66.7 Å².